The quantitative estimate of drug-likeness (QED) is 0.856. The summed E-state index contributed by atoms with van der Waals surface area (Å²) < 4.78 is 6.55. The smallest absolute Gasteiger partial charge is 0.349 e. The number of esters is 1. The van der Waals surface area contributed by atoms with E-state index < -0.39 is 0 Å². The molecule has 2 aromatic rings. The lowest BCUT2D eigenvalue weighted by atomic mass is 10.3. The monoisotopic (exact) mass is 278 g/mol. The van der Waals surface area contributed by atoms with Crippen molar-refractivity contribution in [2.75, 3.05) is 7.11 Å². The van der Waals surface area contributed by atoms with E-state index in [-0.39, 0.29) is 11.7 Å². The van der Waals surface area contributed by atoms with Crippen LogP contribution >= 0.6 is 11.3 Å². The lowest BCUT2D eigenvalue weighted by molar-refractivity contribution is 0.0605. The molecule has 2 rings (SSSR count). The molecular weight excluding hydrogens is 264 g/mol. The normalized spacial score (nSPS) is 11.6. The molecule has 0 atom stereocenters. The Morgan fingerprint density at radius 1 is 1.47 bits per heavy atom. The Morgan fingerprint density at radius 2 is 2.21 bits per heavy atom. The van der Waals surface area contributed by atoms with Crippen molar-refractivity contribution in [3.05, 3.63) is 39.6 Å². The van der Waals surface area contributed by atoms with Gasteiger partial charge in [-0.05, 0) is 19.1 Å². The first-order valence-corrected chi connectivity index (χ1v) is 6.43. The molecule has 19 heavy (non-hydrogen) atoms. The van der Waals surface area contributed by atoms with Crippen molar-refractivity contribution in [1.29, 1.82) is 0 Å². The number of hydrogen-bond acceptors (Lipinski definition) is 5. The number of benzene rings is 1. The lowest BCUT2D eigenvalue weighted by Crippen LogP contribution is -2.11. The maximum Gasteiger partial charge on any atom is 0.349 e. The molecular formula is C13H14N2O3S. The van der Waals surface area contributed by atoms with Gasteiger partial charge in [0.05, 0.1) is 12.8 Å². The Hall–Kier alpha value is -2.08. The largest absolute Gasteiger partial charge is 0.508 e. The highest BCUT2D eigenvalue weighted by Gasteiger charge is 2.15. The number of hydrogen-bond donors (Lipinski definition) is 1. The predicted molar refractivity (Wildman–Crippen MR) is 72.7 cm³/mol. The van der Waals surface area contributed by atoms with Crippen LogP contribution in [0.3, 0.4) is 0 Å². The predicted octanol–water partition coefficient (Wildman–Crippen LogP) is 2.12. The molecule has 5 nitrogen and oxygen atoms in total. The number of carbonyl (C=O) groups is 1. The molecule has 100 valence electrons. The van der Waals surface area contributed by atoms with Gasteiger partial charge in [0, 0.05) is 18.8 Å². The Morgan fingerprint density at radius 3 is 2.84 bits per heavy atom. The number of rotatable bonds is 2. The molecule has 0 saturated heterocycles. The van der Waals surface area contributed by atoms with Gasteiger partial charge < -0.3 is 14.4 Å². The fourth-order valence-electron chi connectivity index (χ4n) is 1.58. The van der Waals surface area contributed by atoms with Gasteiger partial charge in [0.25, 0.3) is 0 Å². The third-order valence-electron chi connectivity index (χ3n) is 2.74. The minimum atomic E-state index is -0.365. The fraction of sp³-hybridized carbons (Fsp3) is 0.231. The van der Waals surface area contributed by atoms with E-state index in [1.165, 1.54) is 18.4 Å². The summed E-state index contributed by atoms with van der Waals surface area (Å²) in [5.41, 5.74) is 1.43. The third-order valence-corrected chi connectivity index (χ3v) is 3.95. The Labute approximate surface area is 114 Å². The summed E-state index contributed by atoms with van der Waals surface area (Å²) in [7, 11) is 3.19. The van der Waals surface area contributed by atoms with Crippen molar-refractivity contribution < 1.29 is 14.6 Å². The number of methoxy groups -OCH3 is 1. The molecule has 0 unspecified atom stereocenters. The van der Waals surface area contributed by atoms with Crippen molar-refractivity contribution in [2.24, 2.45) is 12.0 Å². The van der Waals surface area contributed by atoms with E-state index in [0.717, 1.165) is 5.69 Å². The van der Waals surface area contributed by atoms with Gasteiger partial charge in [-0.2, -0.15) is 0 Å². The summed E-state index contributed by atoms with van der Waals surface area (Å²) in [6.45, 7) is 1.84. The van der Waals surface area contributed by atoms with Gasteiger partial charge in [-0.25, -0.2) is 9.79 Å². The fourth-order valence-corrected chi connectivity index (χ4v) is 2.64. The van der Waals surface area contributed by atoms with Gasteiger partial charge in [0.15, 0.2) is 4.80 Å². The SMILES string of the molecule is COC(=O)c1sc(=Nc2cccc(O)c2)n(C)c1C. The third kappa shape index (κ3) is 2.68. The maximum absolute atomic E-state index is 11.6. The molecule has 0 bridgehead atoms. The van der Waals surface area contributed by atoms with Gasteiger partial charge >= 0.3 is 5.97 Å². The number of phenolic OH excluding ortho intramolecular Hbond substituents is 1. The molecule has 0 spiro atoms. The van der Waals surface area contributed by atoms with Gasteiger partial charge in [-0.15, -0.1) is 0 Å². The van der Waals surface area contributed by atoms with Crippen molar-refractivity contribution in [1.82, 2.24) is 4.57 Å². The van der Waals surface area contributed by atoms with Crippen LogP contribution in [0.4, 0.5) is 5.69 Å². The zero-order valence-electron chi connectivity index (χ0n) is 10.9. The van der Waals surface area contributed by atoms with Gasteiger partial charge in [-0.1, -0.05) is 17.4 Å². The molecule has 0 aliphatic heterocycles. The van der Waals surface area contributed by atoms with Crippen molar-refractivity contribution in [3.8, 4) is 5.75 Å². The van der Waals surface area contributed by atoms with Crippen molar-refractivity contribution in [3.63, 3.8) is 0 Å². The van der Waals surface area contributed by atoms with Crippen LogP contribution in [0.1, 0.15) is 15.4 Å². The Bertz CT molecular complexity index is 685. The standard InChI is InChI=1S/C13H14N2O3S/c1-8-11(12(17)18-3)19-13(15(8)2)14-9-5-4-6-10(16)7-9/h4-7,16H,1-3H3. The summed E-state index contributed by atoms with van der Waals surface area (Å²) in [6.07, 6.45) is 0. The molecule has 0 radical (unpaired) electrons. The highest BCUT2D eigenvalue weighted by Crippen LogP contribution is 2.19. The van der Waals surface area contributed by atoms with Crippen LogP contribution in [-0.4, -0.2) is 22.8 Å². The molecule has 1 aromatic heterocycles. The average molecular weight is 278 g/mol. The van der Waals surface area contributed by atoms with Crippen molar-refractivity contribution in [2.45, 2.75) is 6.92 Å². The van der Waals surface area contributed by atoms with Crippen LogP contribution in [0.15, 0.2) is 29.3 Å². The zero-order chi connectivity index (χ0) is 14.0. The second-order valence-corrected chi connectivity index (χ2v) is 4.96. The van der Waals surface area contributed by atoms with Crippen LogP contribution in [-0.2, 0) is 11.8 Å². The number of aromatic nitrogens is 1. The summed E-state index contributed by atoms with van der Waals surface area (Å²) in [6, 6.07) is 6.65. The molecule has 0 fully saturated rings. The molecule has 0 saturated carbocycles. The van der Waals surface area contributed by atoms with E-state index in [2.05, 4.69) is 4.99 Å². The first-order valence-electron chi connectivity index (χ1n) is 5.61. The van der Waals surface area contributed by atoms with Crippen LogP contribution in [0.5, 0.6) is 5.75 Å². The number of carbonyl (C=O) groups excluding carboxylic acids is 1. The van der Waals surface area contributed by atoms with E-state index in [0.29, 0.717) is 15.4 Å². The first-order chi connectivity index (χ1) is 9.02. The molecule has 0 aliphatic rings. The van der Waals surface area contributed by atoms with Crippen LogP contribution in [0.25, 0.3) is 0 Å². The van der Waals surface area contributed by atoms with Crippen LogP contribution < -0.4 is 4.80 Å². The number of thiazole rings is 1. The minimum Gasteiger partial charge on any atom is -0.508 e. The highest BCUT2D eigenvalue weighted by molar-refractivity contribution is 7.11. The summed E-state index contributed by atoms with van der Waals surface area (Å²) >= 11 is 1.26. The molecule has 0 aliphatic carbocycles. The molecule has 6 heteroatoms. The van der Waals surface area contributed by atoms with Gasteiger partial charge in [-0.3, -0.25) is 0 Å². The molecule has 1 aromatic carbocycles. The van der Waals surface area contributed by atoms with Crippen LogP contribution in [0.2, 0.25) is 0 Å². The lowest BCUT2D eigenvalue weighted by Gasteiger charge is -1.98. The average Bonchev–Trinajstić information content (AvgIpc) is 2.66. The molecule has 0 amide bonds. The summed E-state index contributed by atoms with van der Waals surface area (Å²) in [5.74, 6) is -0.208. The second-order valence-electron chi connectivity index (χ2n) is 3.98. The van der Waals surface area contributed by atoms with E-state index in [1.807, 2.05) is 18.5 Å². The zero-order valence-corrected chi connectivity index (χ0v) is 11.7. The highest BCUT2D eigenvalue weighted by atomic mass is 32.1. The molecule has 1 heterocycles. The minimum absolute atomic E-state index is 0.158. The topological polar surface area (TPSA) is 63.8 Å². The molecule has 1 N–H and O–H groups in total. The van der Waals surface area contributed by atoms with E-state index >= 15 is 0 Å². The number of ether oxygens (including phenoxy) is 1. The first kappa shape index (κ1) is 13.4. The van der Waals surface area contributed by atoms with Gasteiger partial charge in [0.2, 0.25) is 0 Å². The van der Waals surface area contributed by atoms with E-state index in [4.69, 9.17) is 4.74 Å². The van der Waals surface area contributed by atoms with Crippen LogP contribution in [0, 0.1) is 6.92 Å². The van der Waals surface area contributed by atoms with E-state index in [1.54, 1.807) is 24.3 Å². The Balaban J connectivity index is 2.54. The number of phenols is 1. The Kier molecular flexibility index (Phi) is 3.71. The summed E-state index contributed by atoms with van der Waals surface area (Å²) in [5, 5.41) is 9.41. The second kappa shape index (κ2) is 5.27. The number of nitrogens with zero attached hydrogens (tertiary/aromatic N) is 2. The van der Waals surface area contributed by atoms with E-state index in [9.17, 15) is 9.90 Å². The maximum atomic E-state index is 11.6. The summed E-state index contributed by atoms with van der Waals surface area (Å²) in [4.78, 5) is 17.2. The number of aromatic hydroxyl groups is 1. The van der Waals surface area contributed by atoms with Gasteiger partial charge in [0.1, 0.15) is 10.6 Å². The van der Waals surface area contributed by atoms with Crippen molar-refractivity contribution >= 4 is 23.0 Å².